The summed E-state index contributed by atoms with van der Waals surface area (Å²) in [6.07, 6.45) is 17.1. The molecule has 0 spiro atoms. The van der Waals surface area contributed by atoms with Crippen LogP contribution in [-0.4, -0.2) is 35.2 Å². The van der Waals surface area contributed by atoms with Crippen LogP contribution in [0.4, 0.5) is 5.69 Å². The molecular formula is C24H33N7S. The molecule has 7 nitrogen and oxygen atoms in total. The summed E-state index contributed by atoms with van der Waals surface area (Å²) in [5.41, 5.74) is 7.34. The molecule has 170 valence electrons. The maximum Gasteiger partial charge on any atom is 0.100 e. The standard InChI is InChI=1S/C24H33N7S/c1-16(2)18-10-19(13-26-12-18)29-20-11-22-21(27-14-20)8-9-23(30-22)28-15-32-24(31-25-3)17-6-4-5-7-17/h8-14,16-17,22,24,28-31H,3-7,15H2,1-2H3. The van der Waals surface area contributed by atoms with E-state index in [0.717, 1.165) is 28.8 Å². The van der Waals surface area contributed by atoms with Crippen molar-refractivity contribution in [2.45, 2.75) is 56.9 Å². The lowest BCUT2D eigenvalue weighted by Gasteiger charge is -2.28. The molecule has 1 aliphatic carbocycles. The molecule has 1 aromatic rings. The van der Waals surface area contributed by atoms with Crippen LogP contribution in [0, 0.1) is 5.92 Å². The molecule has 4 rings (SSSR count). The lowest BCUT2D eigenvalue weighted by molar-refractivity contribution is 0.466. The van der Waals surface area contributed by atoms with Crippen LogP contribution < -0.4 is 21.4 Å². The van der Waals surface area contributed by atoms with E-state index in [-0.39, 0.29) is 6.04 Å². The number of hydrogen-bond donors (Lipinski definition) is 4. The predicted octanol–water partition coefficient (Wildman–Crippen LogP) is 4.28. The van der Waals surface area contributed by atoms with E-state index in [0.29, 0.717) is 17.2 Å². The van der Waals surface area contributed by atoms with Crippen molar-refractivity contribution in [3.05, 3.63) is 59.5 Å². The Morgan fingerprint density at radius 1 is 1.25 bits per heavy atom. The van der Waals surface area contributed by atoms with E-state index in [9.17, 15) is 0 Å². The lowest BCUT2D eigenvalue weighted by Crippen LogP contribution is -2.39. The van der Waals surface area contributed by atoms with Crippen molar-refractivity contribution < 1.29 is 0 Å². The molecule has 2 atom stereocenters. The molecular weight excluding hydrogens is 418 g/mol. The first-order valence-electron chi connectivity index (χ1n) is 11.4. The fraction of sp³-hybridized carbons (Fsp3) is 0.458. The van der Waals surface area contributed by atoms with Crippen LogP contribution in [0.5, 0.6) is 0 Å². The summed E-state index contributed by atoms with van der Waals surface area (Å²) >= 11 is 1.85. The quantitative estimate of drug-likeness (QED) is 0.241. The van der Waals surface area contributed by atoms with Gasteiger partial charge in [-0.25, -0.2) is 0 Å². The fourth-order valence-corrected chi connectivity index (χ4v) is 5.32. The van der Waals surface area contributed by atoms with E-state index in [1.165, 1.54) is 31.2 Å². The molecule has 1 saturated carbocycles. The molecule has 0 saturated heterocycles. The smallest absolute Gasteiger partial charge is 0.100 e. The second-order valence-electron chi connectivity index (χ2n) is 8.70. The summed E-state index contributed by atoms with van der Waals surface area (Å²) in [7, 11) is 0. The minimum absolute atomic E-state index is 0.0276. The van der Waals surface area contributed by atoms with Gasteiger partial charge in [0.2, 0.25) is 0 Å². The van der Waals surface area contributed by atoms with Gasteiger partial charge in [-0.15, -0.1) is 11.8 Å². The van der Waals surface area contributed by atoms with Gasteiger partial charge in [-0.05, 0) is 54.5 Å². The second kappa shape index (κ2) is 10.7. The topological polar surface area (TPSA) is 85.7 Å². The maximum absolute atomic E-state index is 4.62. The second-order valence-corrected chi connectivity index (χ2v) is 9.83. The average molecular weight is 452 g/mol. The molecule has 32 heavy (non-hydrogen) atoms. The van der Waals surface area contributed by atoms with Crippen LogP contribution in [0.3, 0.4) is 0 Å². The summed E-state index contributed by atoms with van der Waals surface area (Å²) in [6, 6.07) is 2.17. The van der Waals surface area contributed by atoms with Gasteiger partial charge in [0, 0.05) is 12.9 Å². The third-order valence-corrected chi connectivity index (χ3v) is 7.20. The normalized spacial score (nSPS) is 21.1. The van der Waals surface area contributed by atoms with Crippen LogP contribution >= 0.6 is 11.8 Å². The summed E-state index contributed by atoms with van der Waals surface area (Å²) in [4.78, 5) is 8.98. The third-order valence-electron chi connectivity index (χ3n) is 6.04. The van der Waals surface area contributed by atoms with Gasteiger partial charge >= 0.3 is 0 Å². The Labute approximate surface area is 195 Å². The van der Waals surface area contributed by atoms with Gasteiger partial charge in [0.25, 0.3) is 0 Å². The van der Waals surface area contributed by atoms with Crippen LogP contribution in [-0.2, 0) is 0 Å². The molecule has 0 amide bonds. The van der Waals surface area contributed by atoms with Crippen molar-refractivity contribution in [2.75, 3.05) is 11.2 Å². The molecule has 0 radical (unpaired) electrons. The zero-order valence-corrected chi connectivity index (χ0v) is 19.7. The van der Waals surface area contributed by atoms with Gasteiger partial charge in [0.15, 0.2) is 0 Å². The number of aromatic nitrogens is 1. The number of pyridine rings is 1. The maximum atomic E-state index is 4.62. The summed E-state index contributed by atoms with van der Waals surface area (Å²) in [5, 5.41) is 14.7. The number of nitrogens with one attached hydrogen (secondary N) is 4. The summed E-state index contributed by atoms with van der Waals surface area (Å²) in [6.45, 7) is 7.95. The largest absolute Gasteiger partial charge is 0.363 e. The molecule has 8 heteroatoms. The Morgan fingerprint density at radius 3 is 2.88 bits per heavy atom. The molecule has 0 bridgehead atoms. The SMILES string of the molecule is C=NNC(SCNC1=CC=C2N=CC(Nc3cncc(C(C)C)c3)=CC2N1)C1CCCC1. The first-order chi connectivity index (χ1) is 15.6. The fourth-order valence-electron chi connectivity index (χ4n) is 4.21. The Morgan fingerprint density at radius 2 is 2.09 bits per heavy atom. The number of anilines is 1. The van der Waals surface area contributed by atoms with Crippen molar-refractivity contribution in [1.29, 1.82) is 0 Å². The number of hydrazone groups is 1. The molecule has 2 unspecified atom stereocenters. The van der Waals surface area contributed by atoms with Crippen molar-refractivity contribution in [2.24, 2.45) is 16.0 Å². The minimum atomic E-state index is 0.0276. The minimum Gasteiger partial charge on any atom is -0.363 e. The highest BCUT2D eigenvalue weighted by atomic mass is 32.2. The van der Waals surface area contributed by atoms with Crippen molar-refractivity contribution in [1.82, 2.24) is 21.0 Å². The van der Waals surface area contributed by atoms with Gasteiger partial charge < -0.3 is 16.0 Å². The average Bonchev–Trinajstić information content (AvgIpc) is 3.33. The lowest BCUT2D eigenvalue weighted by atomic mass is 10.1. The number of allylic oxidation sites excluding steroid dienone is 3. The Balaban J connectivity index is 1.32. The molecule has 3 heterocycles. The van der Waals surface area contributed by atoms with E-state index < -0.39 is 0 Å². The highest BCUT2D eigenvalue weighted by Crippen LogP contribution is 2.32. The molecule has 3 aliphatic rings. The number of rotatable bonds is 10. The summed E-state index contributed by atoms with van der Waals surface area (Å²) < 4.78 is 0. The number of dihydropyridines is 2. The Bertz CT molecular complexity index is 928. The highest BCUT2D eigenvalue weighted by molar-refractivity contribution is 7.99. The van der Waals surface area contributed by atoms with Gasteiger partial charge in [-0.1, -0.05) is 26.7 Å². The van der Waals surface area contributed by atoms with Gasteiger partial charge in [0.1, 0.15) is 5.82 Å². The predicted molar refractivity (Wildman–Crippen MR) is 136 cm³/mol. The van der Waals surface area contributed by atoms with E-state index in [1.807, 2.05) is 30.4 Å². The molecule has 1 aromatic heterocycles. The van der Waals surface area contributed by atoms with E-state index in [1.54, 1.807) is 0 Å². The van der Waals surface area contributed by atoms with E-state index in [2.05, 4.69) is 81.3 Å². The first-order valence-corrected chi connectivity index (χ1v) is 12.4. The van der Waals surface area contributed by atoms with Crippen LogP contribution in [0.2, 0.25) is 0 Å². The van der Waals surface area contributed by atoms with Crippen molar-refractivity contribution in [3.63, 3.8) is 0 Å². The van der Waals surface area contributed by atoms with Gasteiger partial charge in [-0.3, -0.25) is 15.4 Å². The number of aliphatic imine (C=N–C) groups is 1. The van der Waals surface area contributed by atoms with Crippen molar-refractivity contribution in [3.8, 4) is 0 Å². The van der Waals surface area contributed by atoms with E-state index >= 15 is 0 Å². The van der Waals surface area contributed by atoms with Gasteiger partial charge in [-0.2, -0.15) is 5.10 Å². The van der Waals surface area contributed by atoms with Gasteiger partial charge in [0.05, 0.1) is 46.8 Å². The molecule has 4 N–H and O–H groups in total. The monoisotopic (exact) mass is 451 g/mol. The third kappa shape index (κ3) is 5.73. The number of hydrogen-bond acceptors (Lipinski definition) is 8. The zero-order valence-electron chi connectivity index (χ0n) is 18.8. The molecule has 1 fully saturated rings. The zero-order chi connectivity index (χ0) is 22.3. The van der Waals surface area contributed by atoms with Crippen molar-refractivity contribution >= 4 is 30.4 Å². The van der Waals surface area contributed by atoms with Crippen LogP contribution in [0.15, 0.2) is 64.0 Å². The summed E-state index contributed by atoms with van der Waals surface area (Å²) in [5.74, 6) is 2.90. The Hall–Kier alpha value is -2.74. The van der Waals surface area contributed by atoms with Crippen LogP contribution in [0.25, 0.3) is 0 Å². The van der Waals surface area contributed by atoms with Crippen LogP contribution in [0.1, 0.15) is 51.0 Å². The number of nitrogens with zero attached hydrogens (tertiary/aromatic N) is 3. The first kappa shape index (κ1) is 22.5. The Kier molecular flexibility index (Phi) is 7.52. The number of fused-ring (bicyclic) bond motifs is 1. The number of thioether (sulfide) groups is 1. The molecule has 0 aromatic carbocycles. The van der Waals surface area contributed by atoms with E-state index in [4.69, 9.17) is 0 Å². The highest BCUT2D eigenvalue weighted by Gasteiger charge is 2.25. The molecule has 2 aliphatic heterocycles.